The third kappa shape index (κ3) is 1.75. The number of rotatable bonds is 2. The van der Waals surface area contributed by atoms with E-state index >= 15 is 0 Å². The Morgan fingerprint density at radius 2 is 2.16 bits per heavy atom. The van der Waals surface area contributed by atoms with Gasteiger partial charge in [0.1, 0.15) is 24.1 Å². The summed E-state index contributed by atoms with van der Waals surface area (Å²) in [6, 6.07) is -0.689. The number of nitrogens with zero attached hydrogens (tertiary/aromatic N) is 4. The van der Waals surface area contributed by atoms with Crippen LogP contribution in [0.2, 0.25) is 0 Å². The van der Waals surface area contributed by atoms with Gasteiger partial charge in [0, 0.05) is 0 Å². The first-order valence-corrected chi connectivity index (χ1v) is 5.76. The maximum Gasteiger partial charge on any atom is 0.167 e. The summed E-state index contributed by atoms with van der Waals surface area (Å²) >= 11 is 0. The third-order valence-corrected chi connectivity index (χ3v) is 3.26. The molecule has 0 spiro atoms. The molecule has 2 aromatic rings. The maximum atomic E-state index is 9.85. The van der Waals surface area contributed by atoms with E-state index in [9.17, 15) is 5.11 Å². The fourth-order valence-electron chi connectivity index (χ4n) is 2.23. The number of nitrogen functional groups attached to an aromatic ring is 1. The molecule has 3 heterocycles. The lowest BCUT2D eigenvalue weighted by molar-refractivity contribution is -0.0437. The average molecular weight is 266 g/mol. The van der Waals surface area contributed by atoms with E-state index in [-0.39, 0.29) is 12.4 Å². The van der Waals surface area contributed by atoms with Crippen LogP contribution in [0.1, 0.15) is 6.23 Å². The van der Waals surface area contributed by atoms with Crippen molar-refractivity contribution in [3.63, 3.8) is 0 Å². The summed E-state index contributed by atoms with van der Waals surface area (Å²) < 4.78 is 7.10. The Morgan fingerprint density at radius 1 is 1.37 bits per heavy atom. The van der Waals surface area contributed by atoms with Gasteiger partial charge in [-0.15, -0.1) is 0 Å². The first-order chi connectivity index (χ1) is 9.13. The molecule has 2 aromatic heterocycles. The van der Waals surface area contributed by atoms with E-state index in [1.807, 2.05) is 0 Å². The van der Waals surface area contributed by atoms with Crippen molar-refractivity contribution >= 4 is 17.0 Å². The van der Waals surface area contributed by atoms with Crippen molar-refractivity contribution < 1.29 is 14.9 Å². The summed E-state index contributed by atoms with van der Waals surface area (Å²) in [5.41, 5.74) is 12.5. The molecule has 102 valence electrons. The molecule has 1 aliphatic rings. The Morgan fingerprint density at radius 3 is 2.84 bits per heavy atom. The largest absolute Gasteiger partial charge is 0.394 e. The molecule has 0 amide bonds. The minimum absolute atomic E-state index is 0.259. The summed E-state index contributed by atoms with van der Waals surface area (Å²) in [5, 5.41) is 19.0. The van der Waals surface area contributed by atoms with Gasteiger partial charge < -0.3 is 26.4 Å². The molecule has 0 aromatic carbocycles. The molecule has 0 saturated carbocycles. The molecule has 3 rings (SSSR count). The number of hydrogen-bond donors (Lipinski definition) is 4. The van der Waals surface area contributed by atoms with Crippen LogP contribution in [-0.4, -0.2) is 54.6 Å². The van der Waals surface area contributed by atoms with E-state index < -0.39 is 24.5 Å². The minimum atomic E-state index is -0.952. The number of fused-ring (bicyclic) bond motifs is 1. The fraction of sp³-hybridized carbons (Fsp3) is 0.500. The predicted octanol–water partition coefficient (Wildman–Crippen LogP) is -2.01. The smallest absolute Gasteiger partial charge is 0.167 e. The minimum Gasteiger partial charge on any atom is -0.394 e. The Hall–Kier alpha value is -1.81. The van der Waals surface area contributed by atoms with Crippen LogP contribution in [0.5, 0.6) is 0 Å². The number of imidazole rings is 1. The van der Waals surface area contributed by atoms with Gasteiger partial charge in [-0.3, -0.25) is 4.57 Å². The molecular formula is C10H14N6O3. The summed E-state index contributed by atoms with van der Waals surface area (Å²) in [7, 11) is 0. The fourth-order valence-corrected chi connectivity index (χ4v) is 2.23. The highest BCUT2D eigenvalue weighted by Crippen LogP contribution is 2.30. The van der Waals surface area contributed by atoms with Crippen LogP contribution in [0.15, 0.2) is 12.7 Å². The molecule has 1 aliphatic heterocycles. The summed E-state index contributed by atoms with van der Waals surface area (Å²) in [6.07, 6.45) is 0.456. The van der Waals surface area contributed by atoms with Gasteiger partial charge >= 0.3 is 0 Å². The molecule has 0 radical (unpaired) electrons. The summed E-state index contributed by atoms with van der Waals surface area (Å²) in [6.45, 7) is -0.310. The van der Waals surface area contributed by atoms with Crippen LogP contribution in [0.25, 0.3) is 11.2 Å². The van der Waals surface area contributed by atoms with Gasteiger partial charge in [-0.2, -0.15) is 0 Å². The van der Waals surface area contributed by atoms with Crippen molar-refractivity contribution in [1.29, 1.82) is 0 Å². The second kappa shape index (κ2) is 4.38. The third-order valence-electron chi connectivity index (χ3n) is 3.26. The lowest BCUT2D eigenvalue weighted by Crippen LogP contribution is -2.39. The summed E-state index contributed by atoms with van der Waals surface area (Å²) in [5.74, 6) is 0.259. The molecule has 0 bridgehead atoms. The van der Waals surface area contributed by atoms with Crippen molar-refractivity contribution in [3.05, 3.63) is 12.7 Å². The highest BCUT2D eigenvalue weighted by molar-refractivity contribution is 5.81. The molecule has 0 aliphatic carbocycles. The molecule has 1 saturated heterocycles. The Labute approximate surface area is 107 Å². The number of aromatic nitrogens is 4. The first kappa shape index (κ1) is 12.2. The van der Waals surface area contributed by atoms with Crippen molar-refractivity contribution in [2.24, 2.45) is 5.73 Å². The molecule has 9 heteroatoms. The van der Waals surface area contributed by atoms with Crippen LogP contribution < -0.4 is 11.5 Å². The van der Waals surface area contributed by atoms with Gasteiger partial charge in [-0.1, -0.05) is 0 Å². The maximum absolute atomic E-state index is 9.85. The Balaban J connectivity index is 2.04. The zero-order valence-corrected chi connectivity index (χ0v) is 9.92. The van der Waals surface area contributed by atoms with Gasteiger partial charge in [0.25, 0.3) is 0 Å². The number of aliphatic hydroxyl groups is 2. The quantitative estimate of drug-likeness (QED) is 0.487. The second-order valence-electron chi connectivity index (χ2n) is 4.40. The van der Waals surface area contributed by atoms with Gasteiger partial charge in [-0.05, 0) is 0 Å². The highest BCUT2D eigenvalue weighted by Gasteiger charge is 2.42. The van der Waals surface area contributed by atoms with Gasteiger partial charge in [-0.25, -0.2) is 15.0 Å². The average Bonchev–Trinajstić information content (AvgIpc) is 2.94. The van der Waals surface area contributed by atoms with Crippen molar-refractivity contribution in [3.8, 4) is 0 Å². The van der Waals surface area contributed by atoms with E-state index in [0.717, 1.165) is 0 Å². The number of nitrogens with two attached hydrogens (primary N) is 2. The zero-order chi connectivity index (χ0) is 13.6. The van der Waals surface area contributed by atoms with Gasteiger partial charge in [0.15, 0.2) is 17.7 Å². The summed E-state index contributed by atoms with van der Waals surface area (Å²) in [4.78, 5) is 12.0. The topological polar surface area (TPSA) is 145 Å². The van der Waals surface area contributed by atoms with E-state index in [1.165, 1.54) is 12.7 Å². The van der Waals surface area contributed by atoms with Gasteiger partial charge in [0.2, 0.25) is 0 Å². The van der Waals surface area contributed by atoms with Gasteiger partial charge in [0.05, 0.1) is 19.0 Å². The molecule has 1 fully saturated rings. The van der Waals surface area contributed by atoms with E-state index in [4.69, 9.17) is 21.3 Å². The first-order valence-electron chi connectivity index (χ1n) is 5.76. The molecule has 1 unspecified atom stereocenters. The van der Waals surface area contributed by atoms with Crippen LogP contribution in [-0.2, 0) is 4.74 Å². The number of aliphatic hydroxyl groups excluding tert-OH is 2. The SMILES string of the molecule is Nc1ncnc2c1ncn2C1O[C@H](CO)[C@@H](O)[C@H]1N. The predicted molar refractivity (Wildman–Crippen MR) is 64.7 cm³/mol. The molecule has 19 heavy (non-hydrogen) atoms. The molecular weight excluding hydrogens is 252 g/mol. The highest BCUT2D eigenvalue weighted by atomic mass is 16.5. The van der Waals surface area contributed by atoms with E-state index in [2.05, 4.69) is 15.0 Å². The lowest BCUT2D eigenvalue weighted by atomic mass is 10.1. The second-order valence-corrected chi connectivity index (χ2v) is 4.40. The van der Waals surface area contributed by atoms with E-state index in [1.54, 1.807) is 4.57 Å². The van der Waals surface area contributed by atoms with Crippen LogP contribution in [0.4, 0.5) is 5.82 Å². The van der Waals surface area contributed by atoms with E-state index in [0.29, 0.717) is 11.2 Å². The zero-order valence-electron chi connectivity index (χ0n) is 9.92. The lowest BCUT2D eigenvalue weighted by Gasteiger charge is -2.17. The van der Waals surface area contributed by atoms with Crippen molar-refractivity contribution in [2.75, 3.05) is 12.3 Å². The van der Waals surface area contributed by atoms with Crippen LogP contribution in [0, 0.1) is 0 Å². The standard InChI is InChI=1S/C10H14N6O3/c11-5-7(18)4(1-17)19-10(5)16-3-15-6-8(12)13-2-14-9(6)16/h2-5,7,10,17-18H,1,11H2,(H2,12,13,14)/t4-,5-,7-,10?/m1/s1. The number of anilines is 1. The normalized spacial score (nSPS) is 31.1. The number of ether oxygens (including phenoxy) is 1. The molecule has 4 atom stereocenters. The molecule has 6 N–H and O–H groups in total. The molecule has 9 nitrogen and oxygen atoms in total. The van der Waals surface area contributed by atoms with Crippen LogP contribution >= 0.6 is 0 Å². The van der Waals surface area contributed by atoms with Crippen molar-refractivity contribution in [2.45, 2.75) is 24.5 Å². The Bertz CT molecular complexity index is 602. The van der Waals surface area contributed by atoms with Crippen molar-refractivity contribution in [1.82, 2.24) is 19.5 Å². The number of hydrogen-bond acceptors (Lipinski definition) is 8. The monoisotopic (exact) mass is 266 g/mol. The Kier molecular flexibility index (Phi) is 2.82. The van der Waals surface area contributed by atoms with Crippen LogP contribution in [0.3, 0.4) is 0 Å².